The SMILES string of the molecule is CN=C(NCc1ccc(C(=O)OC)cc1)NCC1(C)CCCO1.I. The lowest BCUT2D eigenvalue weighted by Gasteiger charge is -2.24. The molecule has 1 aromatic carbocycles. The molecule has 2 rings (SSSR count). The van der Waals surface area contributed by atoms with Crippen molar-refractivity contribution in [3.05, 3.63) is 35.4 Å². The lowest BCUT2D eigenvalue weighted by molar-refractivity contribution is 0.0242. The molecule has 0 bridgehead atoms. The monoisotopic (exact) mass is 447 g/mol. The summed E-state index contributed by atoms with van der Waals surface area (Å²) in [5, 5.41) is 6.56. The number of esters is 1. The Morgan fingerprint density at radius 1 is 1.33 bits per heavy atom. The quantitative estimate of drug-likeness (QED) is 0.314. The van der Waals surface area contributed by atoms with Crippen molar-refractivity contribution >= 4 is 35.9 Å². The fourth-order valence-corrected chi connectivity index (χ4v) is 2.53. The van der Waals surface area contributed by atoms with Crippen LogP contribution in [-0.4, -0.2) is 44.8 Å². The summed E-state index contributed by atoms with van der Waals surface area (Å²) in [5.41, 5.74) is 1.49. The predicted molar refractivity (Wildman–Crippen MR) is 105 cm³/mol. The summed E-state index contributed by atoms with van der Waals surface area (Å²) in [4.78, 5) is 15.6. The van der Waals surface area contributed by atoms with E-state index in [-0.39, 0.29) is 35.5 Å². The number of carbonyl (C=O) groups excluding carboxylic acids is 1. The molecule has 0 radical (unpaired) electrons. The highest BCUT2D eigenvalue weighted by molar-refractivity contribution is 14.0. The molecule has 1 aliphatic rings. The predicted octanol–water partition coefficient (Wildman–Crippen LogP) is 2.33. The third kappa shape index (κ3) is 5.94. The summed E-state index contributed by atoms with van der Waals surface area (Å²) in [6.45, 7) is 4.30. The van der Waals surface area contributed by atoms with Gasteiger partial charge in [0, 0.05) is 26.7 Å². The van der Waals surface area contributed by atoms with Crippen molar-refractivity contribution in [3.8, 4) is 0 Å². The third-order valence-corrected chi connectivity index (χ3v) is 3.99. The normalized spacial score (nSPS) is 20.2. The molecular formula is C17H26IN3O3. The van der Waals surface area contributed by atoms with Crippen molar-refractivity contribution in [2.24, 2.45) is 4.99 Å². The van der Waals surface area contributed by atoms with Gasteiger partial charge >= 0.3 is 5.97 Å². The van der Waals surface area contributed by atoms with Crippen LogP contribution < -0.4 is 10.6 Å². The summed E-state index contributed by atoms with van der Waals surface area (Å²) >= 11 is 0. The Labute approximate surface area is 160 Å². The summed E-state index contributed by atoms with van der Waals surface area (Å²) in [6.07, 6.45) is 2.17. The molecule has 134 valence electrons. The molecule has 6 nitrogen and oxygen atoms in total. The van der Waals surface area contributed by atoms with E-state index in [2.05, 4.69) is 27.3 Å². The number of carbonyl (C=O) groups is 1. The van der Waals surface area contributed by atoms with Crippen LogP contribution in [-0.2, 0) is 16.0 Å². The molecule has 1 heterocycles. The van der Waals surface area contributed by atoms with E-state index in [9.17, 15) is 4.79 Å². The Morgan fingerprint density at radius 2 is 2.04 bits per heavy atom. The number of methoxy groups -OCH3 is 1. The number of ether oxygens (including phenoxy) is 2. The summed E-state index contributed by atoms with van der Waals surface area (Å²) in [7, 11) is 3.12. The molecule has 0 aromatic heterocycles. The zero-order valence-corrected chi connectivity index (χ0v) is 16.8. The van der Waals surface area contributed by atoms with E-state index in [0.29, 0.717) is 12.1 Å². The van der Waals surface area contributed by atoms with E-state index in [1.807, 2.05) is 12.1 Å². The van der Waals surface area contributed by atoms with E-state index >= 15 is 0 Å². The molecule has 1 atom stereocenters. The van der Waals surface area contributed by atoms with Gasteiger partial charge in [-0.05, 0) is 37.5 Å². The maximum absolute atomic E-state index is 11.4. The highest BCUT2D eigenvalue weighted by Gasteiger charge is 2.29. The molecule has 1 unspecified atom stereocenters. The van der Waals surface area contributed by atoms with Crippen LogP contribution in [0.2, 0.25) is 0 Å². The van der Waals surface area contributed by atoms with Crippen LogP contribution in [0.15, 0.2) is 29.3 Å². The van der Waals surface area contributed by atoms with Crippen LogP contribution in [0.25, 0.3) is 0 Å². The topological polar surface area (TPSA) is 72.0 Å². The smallest absolute Gasteiger partial charge is 0.337 e. The largest absolute Gasteiger partial charge is 0.465 e. The van der Waals surface area contributed by atoms with Gasteiger partial charge in [-0.15, -0.1) is 24.0 Å². The second-order valence-corrected chi connectivity index (χ2v) is 5.87. The number of benzene rings is 1. The average Bonchev–Trinajstić information content (AvgIpc) is 3.01. The van der Waals surface area contributed by atoms with Crippen molar-refractivity contribution in [1.29, 1.82) is 0 Å². The van der Waals surface area contributed by atoms with Crippen molar-refractivity contribution in [2.75, 3.05) is 27.3 Å². The summed E-state index contributed by atoms with van der Waals surface area (Å²) in [6, 6.07) is 7.31. The number of nitrogens with one attached hydrogen (secondary N) is 2. The summed E-state index contributed by atoms with van der Waals surface area (Å²) < 4.78 is 10.4. The van der Waals surface area contributed by atoms with Gasteiger partial charge in [0.15, 0.2) is 5.96 Å². The van der Waals surface area contributed by atoms with Crippen molar-refractivity contribution < 1.29 is 14.3 Å². The maximum atomic E-state index is 11.4. The van der Waals surface area contributed by atoms with E-state index in [1.165, 1.54) is 7.11 Å². The van der Waals surface area contributed by atoms with Crippen molar-refractivity contribution in [2.45, 2.75) is 31.9 Å². The molecule has 0 spiro atoms. The molecule has 1 saturated heterocycles. The van der Waals surface area contributed by atoms with Gasteiger partial charge in [-0.2, -0.15) is 0 Å². The molecule has 0 saturated carbocycles. The molecular weight excluding hydrogens is 421 g/mol. The van der Waals surface area contributed by atoms with Crippen LogP contribution in [0.3, 0.4) is 0 Å². The van der Waals surface area contributed by atoms with Gasteiger partial charge in [0.05, 0.1) is 18.3 Å². The first kappa shape index (κ1) is 20.7. The average molecular weight is 447 g/mol. The Bertz CT molecular complexity index is 555. The minimum absolute atomic E-state index is 0. The van der Waals surface area contributed by atoms with Crippen LogP contribution >= 0.6 is 24.0 Å². The van der Waals surface area contributed by atoms with Gasteiger partial charge < -0.3 is 20.1 Å². The van der Waals surface area contributed by atoms with Gasteiger partial charge in [-0.25, -0.2) is 4.79 Å². The fraction of sp³-hybridized carbons (Fsp3) is 0.529. The fourth-order valence-electron chi connectivity index (χ4n) is 2.53. The zero-order chi connectivity index (χ0) is 16.7. The molecule has 1 aromatic rings. The number of hydrogen-bond acceptors (Lipinski definition) is 4. The van der Waals surface area contributed by atoms with Gasteiger partial charge in [0.2, 0.25) is 0 Å². The molecule has 7 heteroatoms. The van der Waals surface area contributed by atoms with E-state index < -0.39 is 0 Å². The van der Waals surface area contributed by atoms with Crippen molar-refractivity contribution in [3.63, 3.8) is 0 Å². The van der Waals surface area contributed by atoms with Gasteiger partial charge in [-0.3, -0.25) is 4.99 Å². The first-order chi connectivity index (χ1) is 11.1. The minimum atomic E-state index is -0.327. The maximum Gasteiger partial charge on any atom is 0.337 e. The molecule has 1 aliphatic heterocycles. The molecule has 0 amide bonds. The van der Waals surface area contributed by atoms with Gasteiger partial charge in [0.1, 0.15) is 0 Å². The zero-order valence-electron chi connectivity index (χ0n) is 14.4. The lowest BCUT2D eigenvalue weighted by atomic mass is 10.0. The van der Waals surface area contributed by atoms with Crippen LogP contribution in [0.5, 0.6) is 0 Å². The Morgan fingerprint density at radius 3 is 2.58 bits per heavy atom. The molecule has 0 aliphatic carbocycles. The summed E-state index contributed by atoms with van der Waals surface area (Å²) in [5.74, 6) is 0.408. The van der Waals surface area contributed by atoms with Crippen LogP contribution in [0.4, 0.5) is 0 Å². The second kappa shape index (κ2) is 9.83. The Kier molecular flexibility index (Phi) is 8.47. The highest BCUT2D eigenvalue weighted by atomic mass is 127. The molecule has 1 fully saturated rings. The number of aliphatic imine (C=N–C) groups is 1. The van der Waals surface area contributed by atoms with E-state index in [4.69, 9.17) is 4.74 Å². The number of halogens is 1. The third-order valence-electron chi connectivity index (χ3n) is 3.99. The highest BCUT2D eigenvalue weighted by Crippen LogP contribution is 2.23. The number of guanidine groups is 1. The van der Waals surface area contributed by atoms with E-state index in [1.54, 1.807) is 19.2 Å². The molecule has 24 heavy (non-hydrogen) atoms. The minimum Gasteiger partial charge on any atom is -0.465 e. The Hall–Kier alpha value is -1.35. The second-order valence-electron chi connectivity index (χ2n) is 5.87. The first-order valence-corrected chi connectivity index (χ1v) is 7.82. The van der Waals surface area contributed by atoms with Gasteiger partial charge in [0.25, 0.3) is 0 Å². The van der Waals surface area contributed by atoms with E-state index in [0.717, 1.165) is 37.5 Å². The lowest BCUT2D eigenvalue weighted by Crippen LogP contribution is -2.45. The number of hydrogen-bond donors (Lipinski definition) is 2. The van der Waals surface area contributed by atoms with Crippen molar-refractivity contribution in [1.82, 2.24) is 10.6 Å². The molecule has 2 N–H and O–H groups in total. The van der Waals surface area contributed by atoms with Crippen LogP contribution in [0, 0.1) is 0 Å². The standard InChI is InChI=1S/C17H25N3O3.HI/c1-17(9-4-10-23-17)12-20-16(18-2)19-11-13-5-7-14(8-6-13)15(21)22-3;/h5-8H,4,9-12H2,1-3H3,(H2,18,19,20);1H. The number of nitrogens with zero attached hydrogens (tertiary/aromatic N) is 1. The Balaban J connectivity index is 0.00000288. The van der Waals surface area contributed by atoms with Gasteiger partial charge in [-0.1, -0.05) is 12.1 Å². The van der Waals surface area contributed by atoms with Crippen LogP contribution in [0.1, 0.15) is 35.7 Å². The first-order valence-electron chi connectivity index (χ1n) is 7.82. The number of rotatable bonds is 5.